The summed E-state index contributed by atoms with van der Waals surface area (Å²) >= 11 is 0. The molecule has 0 saturated heterocycles. The highest BCUT2D eigenvalue weighted by atomic mass is 16.5. The van der Waals surface area contributed by atoms with Crippen LogP contribution in [0, 0.1) is 0 Å². The van der Waals surface area contributed by atoms with Crippen LogP contribution in [0.25, 0.3) is 11.2 Å². The largest absolute Gasteiger partial charge is 0.471 e. The van der Waals surface area contributed by atoms with Crippen LogP contribution in [0.3, 0.4) is 0 Å². The van der Waals surface area contributed by atoms with E-state index < -0.39 is 0 Å². The molecule has 4 rings (SSSR count). The minimum Gasteiger partial charge on any atom is -0.471 e. The number of carbonyl (C=O) groups is 1. The Bertz CT molecular complexity index is 1170. The average molecular weight is 404 g/mol. The number of pyridine rings is 1. The number of nitrogens with zero attached hydrogens (tertiary/aromatic N) is 4. The fraction of sp³-hybridized carbons (Fsp3) is 0.150. The molecule has 0 aliphatic rings. The van der Waals surface area contributed by atoms with Crippen molar-refractivity contribution in [2.75, 3.05) is 5.73 Å². The van der Waals surface area contributed by atoms with Crippen LogP contribution in [0.2, 0.25) is 0 Å². The van der Waals surface area contributed by atoms with Gasteiger partial charge in [0, 0.05) is 24.8 Å². The number of hydrogen-bond donors (Lipinski definition) is 4. The van der Waals surface area contributed by atoms with Crippen LogP contribution in [0.1, 0.15) is 27.2 Å². The number of aromatic amines is 1. The lowest BCUT2D eigenvalue weighted by atomic mass is 10.1. The van der Waals surface area contributed by atoms with E-state index >= 15 is 0 Å². The summed E-state index contributed by atoms with van der Waals surface area (Å²) < 4.78 is 5.76. The summed E-state index contributed by atoms with van der Waals surface area (Å²) in [7, 11) is 0. The fourth-order valence-corrected chi connectivity index (χ4v) is 2.85. The van der Waals surface area contributed by atoms with Gasteiger partial charge < -0.3 is 26.5 Å². The van der Waals surface area contributed by atoms with Gasteiger partial charge in [0.25, 0.3) is 5.91 Å². The molecule has 1 aromatic carbocycles. The Morgan fingerprint density at radius 2 is 1.90 bits per heavy atom. The molecule has 0 atom stereocenters. The van der Waals surface area contributed by atoms with Gasteiger partial charge in [0.2, 0.25) is 11.8 Å². The number of amides is 1. The van der Waals surface area contributed by atoms with Crippen LogP contribution in [0.15, 0.2) is 48.9 Å². The Morgan fingerprint density at radius 3 is 2.70 bits per heavy atom. The molecule has 0 aliphatic carbocycles. The molecule has 6 N–H and O–H groups in total. The lowest BCUT2D eigenvalue weighted by Gasteiger charge is -2.09. The molecule has 0 unspecified atom stereocenters. The molecular weight excluding hydrogens is 384 g/mol. The molecule has 10 heteroatoms. The van der Waals surface area contributed by atoms with Crippen molar-refractivity contribution in [3.05, 3.63) is 71.3 Å². The van der Waals surface area contributed by atoms with Crippen LogP contribution in [0.5, 0.6) is 5.88 Å². The van der Waals surface area contributed by atoms with Crippen molar-refractivity contribution < 1.29 is 9.53 Å². The molecule has 0 spiro atoms. The van der Waals surface area contributed by atoms with E-state index in [-0.39, 0.29) is 18.4 Å². The van der Waals surface area contributed by atoms with Gasteiger partial charge in [-0.05, 0) is 23.3 Å². The molecule has 0 fully saturated rings. The maximum atomic E-state index is 12.3. The summed E-state index contributed by atoms with van der Waals surface area (Å²) in [4.78, 5) is 31.6. The van der Waals surface area contributed by atoms with Crippen LogP contribution < -0.4 is 21.5 Å². The van der Waals surface area contributed by atoms with Gasteiger partial charge in [0.05, 0.1) is 12.0 Å². The lowest BCUT2D eigenvalue weighted by molar-refractivity contribution is 0.0950. The Labute approximate surface area is 171 Å². The van der Waals surface area contributed by atoms with Crippen molar-refractivity contribution in [3.8, 4) is 5.88 Å². The third-order valence-corrected chi connectivity index (χ3v) is 4.40. The van der Waals surface area contributed by atoms with Gasteiger partial charge in [0.1, 0.15) is 6.61 Å². The van der Waals surface area contributed by atoms with E-state index in [4.69, 9.17) is 16.2 Å². The zero-order valence-corrected chi connectivity index (χ0v) is 16.0. The number of H-pyrrole nitrogens is 1. The predicted molar refractivity (Wildman–Crippen MR) is 110 cm³/mol. The molecule has 4 aromatic rings. The molecule has 1 amide bonds. The Balaban J connectivity index is 1.34. The van der Waals surface area contributed by atoms with E-state index in [2.05, 4.69) is 30.2 Å². The number of anilines is 1. The highest BCUT2D eigenvalue weighted by Gasteiger charge is 2.10. The highest BCUT2D eigenvalue weighted by Crippen LogP contribution is 2.20. The predicted octanol–water partition coefficient (Wildman–Crippen LogP) is 1.30. The van der Waals surface area contributed by atoms with Crippen LogP contribution in [-0.2, 0) is 19.7 Å². The van der Waals surface area contributed by atoms with Crippen molar-refractivity contribution in [1.82, 2.24) is 30.2 Å². The van der Waals surface area contributed by atoms with Gasteiger partial charge in [-0.2, -0.15) is 9.97 Å². The van der Waals surface area contributed by atoms with Crippen molar-refractivity contribution in [1.29, 1.82) is 0 Å². The summed E-state index contributed by atoms with van der Waals surface area (Å²) in [6, 6.07) is 11.0. The lowest BCUT2D eigenvalue weighted by Crippen LogP contribution is -2.23. The molecule has 0 radical (unpaired) electrons. The first-order valence-electron chi connectivity index (χ1n) is 9.23. The van der Waals surface area contributed by atoms with Crippen LogP contribution in [-0.4, -0.2) is 30.8 Å². The summed E-state index contributed by atoms with van der Waals surface area (Å²) in [6.07, 6.45) is 3.09. The van der Waals surface area contributed by atoms with Crippen molar-refractivity contribution in [2.45, 2.75) is 19.7 Å². The number of imidazole rings is 1. The topological polar surface area (TPSA) is 158 Å². The van der Waals surface area contributed by atoms with Gasteiger partial charge in [-0.15, -0.1) is 0 Å². The first kappa shape index (κ1) is 19.3. The monoisotopic (exact) mass is 404 g/mol. The van der Waals surface area contributed by atoms with Crippen molar-refractivity contribution >= 4 is 23.0 Å². The third kappa shape index (κ3) is 4.33. The summed E-state index contributed by atoms with van der Waals surface area (Å²) in [5.74, 6) is 0.258. The van der Waals surface area contributed by atoms with Gasteiger partial charge in [-0.1, -0.05) is 24.3 Å². The second-order valence-corrected chi connectivity index (χ2v) is 6.51. The van der Waals surface area contributed by atoms with Crippen LogP contribution >= 0.6 is 0 Å². The normalized spacial score (nSPS) is 10.8. The molecule has 152 valence electrons. The second-order valence-electron chi connectivity index (χ2n) is 6.51. The Hall–Kier alpha value is -4.05. The van der Waals surface area contributed by atoms with E-state index in [0.29, 0.717) is 41.5 Å². The third-order valence-electron chi connectivity index (χ3n) is 4.40. The minimum absolute atomic E-state index is 0.112. The maximum Gasteiger partial charge on any atom is 0.251 e. The van der Waals surface area contributed by atoms with Crippen molar-refractivity contribution in [2.24, 2.45) is 5.73 Å². The molecule has 0 bridgehead atoms. The van der Waals surface area contributed by atoms with Crippen molar-refractivity contribution in [3.63, 3.8) is 0 Å². The number of nitrogens with two attached hydrogens (primary N) is 2. The summed E-state index contributed by atoms with van der Waals surface area (Å²) in [5, 5.41) is 2.89. The van der Waals surface area contributed by atoms with Gasteiger partial charge in [-0.3, -0.25) is 9.78 Å². The maximum absolute atomic E-state index is 12.3. The fourth-order valence-electron chi connectivity index (χ4n) is 2.85. The molecular formula is C20H20N8O2. The number of carbonyl (C=O) groups excluding carboxylic acids is 1. The number of rotatable bonds is 7. The number of ether oxygens (including phenoxy) is 1. The van der Waals surface area contributed by atoms with Gasteiger partial charge in [-0.25, -0.2) is 4.98 Å². The quantitative estimate of drug-likeness (QED) is 0.359. The van der Waals surface area contributed by atoms with Gasteiger partial charge in [0.15, 0.2) is 11.2 Å². The van der Waals surface area contributed by atoms with Gasteiger partial charge >= 0.3 is 0 Å². The highest BCUT2D eigenvalue weighted by molar-refractivity contribution is 5.94. The summed E-state index contributed by atoms with van der Waals surface area (Å²) in [5.41, 5.74) is 15.4. The molecule has 0 aliphatic heterocycles. The molecule has 0 saturated carbocycles. The number of hydrogen-bond acceptors (Lipinski definition) is 8. The molecule has 30 heavy (non-hydrogen) atoms. The first-order valence-corrected chi connectivity index (χ1v) is 9.23. The summed E-state index contributed by atoms with van der Waals surface area (Å²) in [6.45, 7) is 0.985. The van der Waals surface area contributed by atoms with E-state index in [1.165, 1.54) is 6.33 Å². The van der Waals surface area contributed by atoms with E-state index in [9.17, 15) is 4.79 Å². The minimum atomic E-state index is -0.177. The number of aromatic nitrogens is 5. The van der Waals surface area contributed by atoms with E-state index in [0.717, 1.165) is 11.1 Å². The number of benzene rings is 1. The second kappa shape index (κ2) is 8.53. The average Bonchev–Trinajstić information content (AvgIpc) is 3.25. The van der Waals surface area contributed by atoms with E-state index in [1.807, 2.05) is 24.3 Å². The standard InChI is InChI=1S/C20H20N8O2/c21-8-15-7-14(5-6-23-15)18(29)24-9-12-1-3-13(4-2-12)10-30-19-16-17(26-11-25-16)27-20(22)28-19/h1-7,11H,8-10,21H2,(H,24,29)(H3,22,25,26,27,28). The Kier molecular flexibility index (Phi) is 5.48. The Morgan fingerprint density at radius 1 is 1.10 bits per heavy atom. The molecule has 10 nitrogen and oxygen atoms in total. The number of nitrogens with one attached hydrogen (secondary N) is 2. The van der Waals surface area contributed by atoms with E-state index in [1.54, 1.807) is 18.3 Å². The zero-order chi connectivity index (χ0) is 20.9. The SMILES string of the molecule is NCc1cc(C(=O)NCc2ccc(COc3nc(N)nc4[nH]cnc34)cc2)ccn1. The smallest absolute Gasteiger partial charge is 0.251 e. The molecule has 3 aromatic heterocycles. The van der Waals surface area contributed by atoms with Crippen LogP contribution in [0.4, 0.5) is 5.95 Å². The number of fused-ring (bicyclic) bond motifs is 1. The number of nitrogen functional groups attached to an aromatic ring is 1. The molecule has 3 heterocycles. The zero-order valence-electron chi connectivity index (χ0n) is 16.0. The first-order chi connectivity index (χ1) is 14.6.